The smallest absolute Gasteiger partial charge is 0.263 e. The molecule has 8 rings (SSSR count). The van der Waals surface area contributed by atoms with E-state index in [9.17, 15) is 19.2 Å². The number of hydrogen-bond acceptors (Lipinski definition) is 13. The second-order valence-electron chi connectivity index (χ2n) is 13.8. The number of carbonyl (C=O) groups is 4. The van der Waals surface area contributed by atoms with Crippen molar-refractivity contribution >= 4 is 29.4 Å². The van der Waals surface area contributed by atoms with Crippen molar-refractivity contribution in [2.24, 2.45) is 0 Å². The van der Waals surface area contributed by atoms with Crippen molar-refractivity contribution in [1.29, 1.82) is 0 Å². The largest absolute Gasteiger partial charge is 0.490 e. The lowest BCUT2D eigenvalue weighted by molar-refractivity contribution is -0.136. The lowest BCUT2D eigenvalue weighted by Crippen LogP contribution is -2.54. The van der Waals surface area contributed by atoms with Gasteiger partial charge in [-0.2, -0.15) is 4.98 Å². The molecule has 0 bridgehead atoms. The van der Waals surface area contributed by atoms with Crippen molar-refractivity contribution in [2.45, 2.75) is 70.1 Å². The van der Waals surface area contributed by atoms with Crippen LogP contribution in [0.15, 0.2) is 77.7 Å². The SMILES string of the molecule is Cc1nc(-c2ncc(Oc3ccc(C(C)(C)c4ccc(OC5CC(Nc6cc7c(cn6)C(=O)N(C6CCC(=O)NC6=O)C7=O)C5)cc4)cc3)cn2)no1. The van der Waals surface area contributed by atoms with Gasteiger partial charge < -0.3 is 19.3 Å². The Morgan fingerprint density at radius 1 is 0.830 bits per heavy atom. The standard InChI is InChI=1S/C38H34N8O7/c1-20-42-34(45-53-20)33-40-17-27(18-41-33)52-25-10-6-22(7-11-25)38(2,3)21-4-8-24(9-5-21)51-26-14-23(15-26)43-31-16-28-29(19-39-31)37(50)46(36(28)49)30-12-13-32(47)44-35(30)48/h4-11,16-19,23,26,30H,12-15H2,1-3H3,(H,39,43)(H,44,47,48). The van der Waals surface area contributed by atoms with Gasteiger partial charge in [0.05, 0.1) is 23.5 Å². The average molecular weight is 715 g/mol. The Morgan fingerprint density at radius 3 is 2.13 bits per heavy atom. The maximum Gasteiger partial charge on any atom is 0.263 e. The Bertz CT molecular complexity index is 2230. The Morgan fingerprint density at radius 2 is 1.49 bits per heavy atom. The van der Waals surface area contributed by atoms with E-state index in [1.807, 2.05) is 36.4 Å². The molecule has 3 aromatic heterocycles. The highest BCUT2D eigenvalue weighted by Gasteiger charge is 2.45. The fourth-order valence-electron chi connectivity index (χ4n) is 6.69. The van der Waals surface area contributed by atoms with Crippen molar-refractivity contribution in [3.05, 3.63) is 101 Å². The zero-order chi connectivity index (χ0) is 36.9. The summed E-state index contributed by atoms with van der Waals surface area (Å²) in [5, 5.41) is 9.35. The molecule has 15 heteroatoms. The number of hydrogen-bond donors (Lipinski definition) is 2. The van der Waals surface area contributed by atoms with E-state index < -0.39 is 29.7 Å². The number of benzene rings is 2. The third kappa shape index (κ3) is 6.56. The van der Waals surface area contributed by atoms with E-state index in [0.717, 1.165) is 34.6 Å². The minimum Gasteiger partial charge on any atom is -0.490 e. The molecule has 4 amide bonds. The summed E-state index contributed by atoms with van der Waals surface area (Å²) in [5.74, 6) is 1.27. The first-order chi connectivity index (χ1) is 25.5. The van der Waals surface area contributed by atoms with Gasteiger partial charge in [-0.15, -0.1) is 0 Å². The van der Waals surface area contributed by atoms with Crippen LogP contribution in [0.2, 0.25) is 0 Å². The summed E-state index contributed by atoms with van der Waals surface area (Å²) >= 11 is 0. The van der Waals surface area contributed by atoms with E-state index in [2.05, 4.69) is 61.7 Å². The predicted molar refractivity (Wildman–Crippen MR) is 187 cm³/mol. The Hall–Kier alpha value is -6.51. The van der Waals surface area contributed by atoms with Gasteiger partial charge in [0.15, 0.2) is 5.75 Å². The molecule has 2 fully saturated rings. The molecule has 1 unspecified atom stereocenters. The summed E-state index contributed by atoms with van der Waals surface area (Å²) in [7, 11) is 0. The Balaban J connectivity index is 0.829. The van der Waals surface area contributed by atoms with Crippen molar-refractivity contribution in [3.63, 3.8) is 0 Å². The fraction of sp³-hybridized carbons (Fsp3) is 0.289. The van der Waals surface area contributed by atoms with Crippen molar-refractivity contribution in [2.75, 3.05) is 5.32 Å². The monoisotopic (exact) mass is 714 g/mol. The van der Waals surface area contributed by atoms with E-state index in [1.54, 1.807) is 25.4 Å². The average Bonchev–Trinajstić information content (AvgIpc) is 3.68. The number of nitrogens with one attached hydrogen (secondary N) is 2. The molecule has 0 spiro atoms. The number of aryl methyl sites for hydroxylation is 1. The number of fused-ring (bicyclic) bond motifs is 1. The van der Waals surface area contributed by atoms with Gasteiger partial charge in [0.2, 0.25) is 29.4 Å². The number of imide groups is 2. The van der Waals surface area contributed by atoms with Crippen LogP contribution in [0.1, 0.15) is 77.3 Å². The summed E-state index contributed by atoms with van der Waals surface area (Å²) < 4.78 is 17.2. The molecule has 2 aliphatic heterocycles. The maximum atomic E-state index is 13.1. The number of ether oxygens (including phenoxy) is 2. The van der Waals surface area contributed by atoms with Crippen molar-refractivity contribution in [1.82, 2.24) is 35.3 Å². The third-order valence-electron chi connectivity index (χ3n) is 9.82. The molecule has 3 aliphatic rings. The molecule has 1 saturated carbocycles. The van der Waals surface area contributed by atoms with Crippen molar-refractivity contribution in [3.8, 4) is 28.9 Å². The highest BCUT2D eigenvalue weighted by atomic mass is 16.5. The van der Waals surface area contributed by atoms with Crippen LogP contribution in [0.3, 0.4) is 0 Å². The second kappa shape index (κ2) is 13.2. The first kappa shape index (κ1) is 33.6. The number of aromatic nitrogens is 5. The fourth-order valence-corrected chi connectivity index (χ4v) is 6.69. The van der Waals surface area contributed by atoms with Gasteiger partial charge in [0.1, 0.15) is 29.5 Å². The number of nitrogens with zero attached hydrogens (tertiary/aromatic N) is 6. The number of amides is 4. The van der Waals surface area contributed by atoms with Gasteiger partial charge in [-0.1, -0.05) is 43.3 Å². The van der Waals surface area contributed by atoms with E-state index in [0.29, 0.717) is 34.9 Å². The lowest BCUT2D eigenvalue weighted by atomic mass is 9.78. The van der Waals surface area contributed by atoms with E-state index in [-0.39, 0.29) is 41.5 Å². The third-order valence-corrected chi connectivity index (χ3v) is 9.82. The highest BCUT2D eigenvalue weighted by molar-refractivity contribution is 6.23. The van der Waals surface area contributed by atoms with Gasteiger partial charge in [0.25, 0.3) is 11.8 Å². The number of carbonyl (C=O) groups excluding carboxylic acids is 4. The number of anilines is 1. The van der Waals surface area contributed by atoms with E-state index in [4.69, 9.17) is 14.0 Å². The summed E-state index contributed by atoms with van der Waals surface area (Å²) in [5.41, 5.74) is 2.28. The molecule has 0 radical (unpaired) electrons. The van der Waals surface area contributed by atoms with Gasteiger partial charge in [-0.25, -0.2) is 15.0 Å². The Labute approximate surface area is 303 Å². The molecule has 2 aromatic carbocycles. The molecule has 2 N–H and O–H groups in total. The summed E-state index contributed by atoms with van der Waals surface area (Å²) in [4.78, 5) is 67.9. The molecule has 1 saturated heterocycles. The van der Waals surface area contributed by atoms with Crippen LogP contribution < -0.4 is 20.1 Å². The molecular formula is C38H34N8O7. The van der Waals surface area contributed by atoms with Crippen LogP contribution in [-0.4, -0.2) is 71.8 Å². The highest BCUT2D eigenvalue weighted by Crippen LogP contribution is 2.36. The predicted octanol–water partition coefficient (Wildman–Crippen LogP) is 4.77. The van der Waals surface area contributed by atoms with Crippen LogP contribution in [0, 0.1) is 6.92 Å². The molecule has 53 heavy (non-hydrogen) atoms. The molecule has 15 nitrogen and oxygen atoms in total. The molecule has 1 aliphatic carbocycles. The summed E-state index contributed by atoms with van der Waals surface area (Å²) in [6, 6.07) is 16.6. The maximum absolute atomic E-state index is 13.1. The number of pyridine rings is 1. The van der Waals surface area contributed by atoms with Crippen LogP contribution in [0.25, 0.3) is 11.6 Å². The molecule has 5 heterocycles. The van der Waals surface area contributed by atoms with Crippen LogP contribution in [0.5, 0.6) is 17.2 Å². The zero-order valence-corrected chi connectivity index (χ0v) is 29.0. The van der Waals surface area contributed by atoms with E-state index >= 15 is 0 Å². The molecule has 5 aromatic rings. The van der Waals surface area contributed by atoms with Gasteiger partial charge >= 0.3 is 0 Å². The Kier molecular flexibility index (Phi) is 8.39. The zero-order valence-electron chi connectivity index (χ0n) is 29.0. The molecular weight excluding hydrogens is 680 g/mol. The number of rotatable bonds is 10. The first-order valence-electron chi connectivity index (χ1n) is 17.2. The van der Waals surface area contributed by atoms with Crippen LogP contribution >= 0.6 is 0 Å². The minimum absolute atomic E-state index is 0.00402. The topological polar surface area (TPSA) is 192 Å². The normalized spacial score (nSPS) is 19.8. The number of piperidine rings is 1. The first-order valence-corrected chi connectivity index (χ1v) is 17.2. The van der Waals surface area contributed by atoms with Gasteiger partial charge in [0, 0.05) is 43.8 Å². The van der Waals surface area contributed by atoms with Crippen LogP contribution in [-0.2, 0) is 15.0 Å². The molecule has 268 valence electrons. The van der Waals surface area contributed by atoms with Crippen LogP contribution in [0.4, 0.5) is 5.82 Å². The quantitative estimate of drug-likeness (QED) is 0.188. The second-order valence-corrected chi connectivity index (χ2v) is 13.8. The van der Waals surface area contributed by atoms with Gasteiger partial charge in [-0.3, -0.25) is 29.4 Å². The summed E-state index contributed by atoms with van der Waals surface area (Å²) in [6.07, 6.45) is 6.11. The summed E-state index contributed by atoms with van der Waals surface area (Å²) in [6.45, 7) is 6.03. The van der Waals surface area contributed by atoms with Crippen molar-refractivity contribution < 1.29 is 33.2 Å². The minimum atomic E-state index is -1.02. The lowest BCUT2D eigenvalue weighted by Gasteiger charge is -2.36. The van der Waals surface area contributed by atoms with Gasteiger partial charge in [-0.05, 0) is 47.9 Å². The van der Waals surface area contributed by atoms with E-state index in [1.165, 1.54) is 6.20 Å². The molecule has 1 atom stereocenters.